The molecule has 0 aliphatic carbocycles. The molecule has 31 heavy (non-hydrogen) atoms. The van der Waals surface area contributed by atoms with E-state index in [1.807, 2.05) is 6.07 Å². The summed E-state index contributed by atoms with van der Waals surface area (Å²) in [6.07, 6.45) is 2.52. The molecule has 0 saturated carbocycles. The molecule has 0 bridgehead atoms. The zero-order valence-electron chi connectivity index (χ0n) is 16.5. The lowest BCUT2D eigenvalue weighted by molar-refractivity contribution is -0.133. The third kappa shape index (κ3) is 5.29. The third-order valence-corrected chi connectivity index (χ3v) is 4.16. The molecule has 1 heterocycles. The van der Waals surface area contributed by atoms with Gasteiger partial charge in [-0.2, -0.15) is 5.26 Å². The van der Waals surface area contributed by atoms with Gasteiger partial charge in [0.1, 0.15) is 29.5 Å². The maximum Gasteiger partial charge on any atom is 0.341 e. The fourth-order valence-corrected chi connectivity index (χ4v) is 2.74. The van der Waals surface area contributed by atoms with Crippen molar-refractivity contribution in [1.29, 1.82) is 5.26 Å². The van der Waals surface area contributed by atoms with Crippen LogP contribution < -0.4 is 9.47 Å². The highest BCUT2D eigenvalue weighted by atomic mass is 35.5. The minimum atomic E-state index is -0.587. The summed E-state index contributed by atoms with van der Waals surface area (Å²) in [5, 5.41) is 9.68. The zero-order chi connectivity index (χ0) is 22.2. The number of nitrogens with zero attached hydrogens (tertiary/aromatic N) is 3. The second-order valence-electron chi connectivity index (χ2n) is 5.91. The lowest BCUT2D eigenvalue weighted by Crippen LogP contribution is -2.06. The average Bonchev–Trinajstić information content (AvgIpc) is 2.79. The normalized spacial score (nSPS) is 10.7. The minimum Gasteiger partial charge on any atom is -0.503 e. The summed E-state index contributed by atoms with van der Waals surface area (Å²) in [6, 6.07) is 14.9. The Bertz CT molecular complexity index is 1170. The summed E-state index contributed by atoms with van der Waals surface area (Å²) < 4.78 is 21.4. The number of nitriles is 1. The van der Waals surface area contributed by atoms with Crippen molar-refractivity contribution < 1.29 is 23.7 Å². The Morgan fingerprint density at radius 3 is 2.42 bits per heavy atom. The van der Waals surface area contributed by atoms with E-state index in [9.17, 15) is 10.1 Å². The predicted molar refractivity (Wildman–Crippen MR) is 112 cm³/mol. The van der Waals surface area contributed by atoms with Gasteiger partial charge in [-0.3, -0.25) is 0 Å². The van der Waals surface area contributed by atoms with Crippen molar-refractivity contribution in [2.75, 3.05) is 14.2 Å². The number of hydrogen-bond donors (Lipinski definition) is 0. The van der Waals surface area contributed by atoms with E-state index in [4.69, 9.17) is 30.5 Å². The summed E-state index contributed by atoms with van der Waals surface area (Å²) in [4.78, 5) is 20.3. The first-order chi connectivity index (χ1) is 15.0. The fraction of sp³-hybridized carbons (Fsp3) is 0.0909. The van der Waals surface area contributed by atoms with Crippen molar-refractivity contribution >= 4 is 23.1 Å². The van der Waals surface area contributed by atoms with Crippen molar-refractivity contribution in [1.82, 2.24) is 9.97 Å². The van der Waals surface area contributed by atoms with E-state index in [0.717, 1.165) is 0 Å². The van der Waals surface area contributed by atoms with E-state index < -0.39 is 5.97 Å². The molecule has 0 atom stereocenters. The van der Waals surface area contributed by atoms with Crippen molar-refractivity contribution in [2.24, 2.45) is 0 Å². The second-order valence-corrected chi connectivity index (χ2v) is 6.34. The predicted octanol–water partition coefficient (Wildman–Crippen LogP) is 4.75. The summed E-state index contributed by atoms with van der Waals surface area (Å²) in [5.74, 6) is 0.350. The van der Waals surface area contributed by atoms with E-state index in [2.05, 4.69) is 9.97 Å². The summed E-state index contributed by atoms with van der Waals surface area (Å²) >= 11 is 5.91. The van der Waals surface area contributed by atoms with Crippen LogP contribution in [0.3, 0.4) is 0 Å². The van der Waals surface area contributed by atoms with Gasteiger partial charge in [0.15, 0.2) is 0 Å². The van der Waals surface area contributed by atoms with Gasteiger partial charge < -0.3 is 18.9 Å². The van der Waals surface area contributed by atoms with Crippen LogP contribution in [0.2, 0.25) is 5.02 Å². The molecule has 0 amide bonds. The van der Waals surface area contributed by atoms with Crippen LogP contribution in [-0.4, -0.2) is 30.2 Å². The Morgan fingerprint density at radius 1 is 1.03 bits per heavy atom. The van der Waals surface area contributed by atoms with Crippen molar-refractivity contribution in [3.63, 3.8) is 0 Å². The number of ether oxygens (including phenoxy) is 4. The van der Waals surface area contributed by atoms with Crippen LogP contribution in [0.25, 0.3) is 5.57 Å². The van der Waals surface area contributed by atoms with E-state index in [-0.39, 0.29) is 28.6 Å². The van der Waals surface area contributed by atoms with E-state index in [1.54, 1.807) is 36.4 Å². The zero-order valence-corrected chi connectivity index (χ0v) is 17.3. The van der Waals surface area contributed by atoms with Crippen LogP contribution in [0.4, 0.5) is 0 Å². The molecule has 0 aliphatic rings. The van der Waals surface area contributed by atoms with Gasteiger partial charge >= 0.3 is 5.97 Å². The largest absolute Gasteiger partial charge is 0.503 e. The van der Waals surface area contributed by atoms with Gasteiger partial charge in [-0.05, 0) is 24.3 Å². The van der Waals surface area contributed by atoms with Crippen LogP contribution >= 0.6 is 11.6 Å². The highest BCUT2D eigenvalue weighted by Gasteiger charge is 2.18. The van der Waals surface area contributed by atoms with Crippen LogP contribution in [0.1, 0.15) is 11.1 Å². The van der Waals surface area contributed by atoms with Gasteiger partial charge in [0.2, 0.25) is 11.8 Å². The maximum absolute atomic E-state index is 12.1. The van der Waals surface area contributed by atoms with Crippen molar-refractivity contribution in [3.05, 3.63) is 77.3 Å². The van der Waals surface area contributed by atoms with Gasteiger partial charge in [-0.25, -0.2) is 14.8 Å². The van der Waals surface area contributed by atoms with Crippen molar-refractivity contribution in [2.45, 2.75) is 0 Å². The van der Waals surface area contributed by atoms with E-state index >= 15 is 0 Å². The Hall–Kier alpha value is -4.09. The average molecular weight is 438 g/mol. The summed E-state index contributed by atoms with van der Waals surface area (Å²) in [6.45, 7) is 0. The molecule has 0 radical (unpaired) electrons. The minimum absolute atomic E-state index is 0.155. The first kappa shape index (κ1) is 21.6. The molecule has 0 spiro atoms. The highest BCUT2D eigenvalue weighted by molar-refractivity contribution is 6.30. The fourth-order valence-electron chi connectivity index (χ4n) is 2.57. The van der Waals surface area contributed by atoms with Gasteiger partial charge in [0.05, 0.1) is 32.1 Å². The van der Waals surface area contributed by atoms with Gasteiger partial charge in [-0.1, -0.05) is 29.8 Å². The van der Waals surface area contributed by atoms with E-state index in [1.165, 1.54) is 38.9 Å². The summed E-state index contributed by atoms with van der Waals surface area (Å²) in [5.41, 5.74) is 0.874. The molecule has 0 saturated heterocycles. The molecule has 0 aliphatic heterocycles. The first-order valence-corrected chi connectivity index (χ1v) is 9.21. The Balaban J connectivity index is 1.90. The molecule has 1 aromatic heterocycles. The molecule has 3 aromatic rings. The maximum atomic E-state index is 12.1. The van der Waals surface area contributed by atoms with Crippen molar-refractivity contribution in [3.8, 4) is 29.3 Å². The number of benzene rings is 2. The topological polar surface area (TPSA) is 104 Å². The molecule has 8 nitrogen and oxygen atoms in total. The molecule has 0 unspecified atom stereocenters. The molecule has 9 heteroatoms. The molecule has 3 rings (SSSR count). The molecule has 0 fully saturated rings. The smallest absolute Gasteiger partial charge is 0.341 e. The number of esters is 1. The Morgan fingerprint density at radius 2 is 1.74 bits per heavy atom. The molecular weight excluding hydrogens is 422 g/mol. The molecular formula is C22H16ClN3O5. The number of rotatable bonds is 7. The van der Waals surface area contributed by atoms with E-state index in [0.29, 0.717) is 16.3 Å². The number of para-hydroxylation sites is 1. The van der Waals surface area contributed by atoms with Crippen LogP contribution in [0.15, 0.2) is 61.1 Å². The van der Waals surface area contributed by atoms with Crippen LogP contribution in [0, 0.1) is 11.3 Å². The standard InChI is InChI=1S/C22H16ClN3O5/c1-28-12-17(22(27)29-2)16-5-3-4-6-19(16)31-21-10-20(25-13-26-21)30-18-8-7-15(23)9-14(18)11-24/h3-10,12-13H,1-2H3. The van der Waals surface area contributed by atoms with Gasteiger partial charge in [0.25, 0.3) is 0 Å². The number of carbonyl (C=O) groups is 1. The SMILES string of the molecule is COC=C(C(=O)OC)c1ccccc1Oc1cc(Oc2ccc(Cl)cc2C#N)ncn1. The van der Waals surface area contributed by atoms with Gasteiger partial charge in [0, 0.05) is 10.6 Å². The lowest BCUT2D eigenvalue weighted by atomic mass is 10.1. The Labute approximate surface area is 183 Å². The highest BCUT2D eigenvalue weighted by Crippen LogP contribution is 2.32. The number of halogens is 1. The number of carbonyl (C=O) groups excluding carboxylic acids is 1. The number of methoxy groups -OCH3 is 2. The lowest BCUT2D eigenvalue weighted by Gasteiger charge is -2.12. The second kappa shape index (κ2) is 10.1. The number of aromatic nitrogens is 2. The van der Waals surface area contributed by atoms with Gasteiger partial charge in [-0.15, -0.1) is 0 Å². The molecule has 156 valence electrons. The monoisotopic (exact) mass is 437 g/mol. The molecule has 2 aromatic carbocycles. The van der Waals surface area contributed by atoms with Crippen LogP contribution in [0.5, 0.6) is 23.3 Å². The summed E-state index contributed by atoms with van der Waals surface area (Å²) in [7, 11) is 2.70. The third-order valence-electron chi connectivity index (χ3n) is 3.93. The quantitative estimate of drug-likeness (QED) is 0.296. The van der Waals surface area contributed by atoms with Crippen LogP contribution in [-0.2, 0) is 14.3 Å². The Kier molecular flexibility index (Phi) is 7.04. The molecule has 0 N–H and O–H groups in total. The first-order valence-electron chi connectivity index (χ1n) is 8.83. The number of hydrogen-bond acceptors (Lipinski definition) is 8.